The van der Waals surface area contributed by atoms with Crippen LogP contribution >= 0.6 is 11.6 Å². The normalized spacial score (nSPS) is 10.5. The molecular formula is C13H14ClN3. The molecule has 17 heavy (non-hydrogen) atoms. The quantitative estimate of drug-likeness (QED) is 0.783. The van der Waals surface area contributed by atoms with Gasteiger partial charge in [0.1, 0.15) is 11.0 Å². The highest BCUT2D eigenvalue weighted by Crippen LogP contribution is 2.17. The molecule has 0 aliphatic heterocycles. The zero-order chi connectivity index (χ0) is 12.3. The van der Waals surface area contributed by atoms with Gasteiger partial charge in [0, 0.05) is 23.1 Å². The second-order valence-electron chi connectivity index (χ2n) is 3.85. The molecular weight excluding hydrogens is 234 g/mol. The van der Waals surface area contributed by atoms with Crippen LogP contribution in [0.2, 0.25) is 5.15 Å². The van der Waals surface area contributed by atoms with Gasteiger partial charge < -0.3 is 0 Å². The topological polar surface area (TPSA) is 38.7 Å². The first-order valence-corrected chi connectivity index (χ1v) is 6.00. The molecule has 2 rings (SSSR count). The van der Waals surface area contributed by atoms with Crippen LogP contribution in [0, 0.1) is 6.92 Å². The highest BCUT2D eigenvalue weighted by Gasteiger charge is 2.08. The molecule has 0 radical (unpaired) electrons. The largest absolute Gasteiger partial charge is 0.261 e. The molecule has 88 valence electrons. The lowest BCUT2D eigenvalue weighted by molar-refractivity contribution is 0.888. The Labute approximate surface area is 106 Å². The van der Waals surface area contributed by atoms with Crippen LogP contribution in [0.1, 0.15) is 29.7 Å². The molecule has 0 bridgehead atoms. The van der Waals surface area contributed by atoms with E-state index in [1.165, 1.54) is 0 Å². The third-order valence-corrected chi connectivity index (χ3v) is 2.94. The zero-order valence-corrected chi connectivity index (χ0v) is 10.7. The Morgan fingerprint density at radius 2 is 2.06 bits per heavy atom. The molecule has 0 saturated carbocycles. The summed E-state index contributed by atoms with van der Waals surface area (Å²) in [6.45, 7) is 4.02. The van der Waals surface area contributed by atoms with E-state index < -0.39 is 0 Å². The number of hydrogen-bond donors (Lipinski definition) is 0. The van der Waals surface area contributed by atoms with Gasteiger partial charge in [0.25, 0.3) is 0 Å². The fourth-order valence-electron chi connectivity index (χ4n) is 1.76. The summed E-state index contributed by atoms with van der Waals surface area (Å²) < 4.78 is 0. The van der Waals surface area contributed by atoms with Gasteiger partial charge in [-0.05, 0) is 25.5 Å². The monoisotopic (exact) mass is 247 g/mol. The second kappa shape index (κ2) is 5.23. The average molecular weight is 248 g/mol. The minimum absolute atomic E-state index is 0.561. The summed E-state index contributed by atoms with van der Waals surface area (Å²) in [5, 5.41) is 0.561. The molecule has 2 aromatic heterocycles. The van der Waals surface area contributed by atoms with Gasteiger partial charge in [-0.3, -0.25) is 4.98 Å². The van der Waals surface area contributed by atoms with Crippen molar-refractivity contribution in [2.24, 2.45) is 0 Å². The van der Waals surface area contributed by atoms with Crippen LogP contribution in [0.4, 0.5) is 0 Å². The lowest BCUT2D eigenvalue weighted by Crippen LogP contribution is -2.04. The third kappa shape index (κ3) is 2.80. The van der Waals surface area contributed by atoms with Crippen molar-refractivity contribution in [1.82, 2.24) is 15.0 Å². The first kappa shape index (κ1) is 12.0. The summed E-state index contributed by atoms with van der Waals surface area (Å²) in [4.78, 5) is 13.0. The van der Waals surface area contributed by atoms with Crippen LogP contribution in [0.3, 0.4) is 0 Å². The maximum Gasteiger partial charge on any atom is 0.136 e. The predicted octanol–water partition coefficient (Wildman–Crippen LogP) is 2.99. The number of aryl methyl sites for hydroxylation is 1. The highest BCUT2D eigenvalue weighted by molar-refractivity contribution is 6.30. The van der Waals surface area contributed by atoms with Gasteiger partial charge in [0.05, 0.1) is 6.42 Å². The molecule has 0 saturated heterocycles. The van der Waals surface area contributed by atoms with Crippen LogP contribution in [0.5, 0.6) is 0 Å². The third-order valence-electron chi connectivity index (χ3n) is 2.63. The molecule has 0 aliphatic carbocycles. The fraction of sp³-hybridized carbons (Fsp3) is 0.308. The number of halogens is 1. The lowest BCUT2D eigenvalue weighted by Gasteiger charge is -2.07. The minimum atomic E-state index is 0.561. The predicted molar refractivity (Wildman–Crippen MR) is 68.2 cm³/mol. The van der Waals surface area contributed by atoms with E-state index in [-0.39, 0.29) is 0 Å². The SMILES string of the molecule is CCc1c(C)nc(Cc2ccccn2)nc1Cl. The van der Waals surface area contributed by atoms with Crippen molar-refractivity contribution in [2.75, 3.05) is 0 Å². The summed E-state index contributed by atoms with van der Waals surface area (Å²) in [5.41, 5.74) is 2.93. The lowest BCUT2D eigenvalue weighted by atomic mass is 10.2. The summed E-state index contributed by atoms with van der Waals surface area (Å²) in [6, 6.07) is 5.81. The summed E-state index contributed by atoms with van der Waals surface area (Å²) in [5.74, 6) is 0.725. The Balaban J connectivity index is 2.29. The smallest absolute Gasteiger partial charge is 0.136 e. The molecule has 0 amide bonds. The van der Waals surface area contributed by atoms with Gasteiger partial charge in [-0.1, -0.05) is 24.6 Å². The molecule has 0 aliphatic rings. The summed E-state index contributed by atoms with van der Waals surface area (Å²) in [7, 11) is 0. The minimum Gasteiger partial charge on any atom is -0.261 e. The van der Waals surface area contributed by atoms with Gasteiger partial charge in [-0.2, -0.15) is 0 Å². The molecule has 2 heterocycles. The van der Waals surface area contributed by atoms with Crippen molar-refractivity contribution in [3.05, 3.63) is 52.3 Å². The van der Waals surface area contributed by atoms with Gasteiger partial charge in [-0.15, -0.1) is 0 Å². The molecule has 3 nitrogen and oxygen atoms in total. The van der Waals surface area contributed by atoms with Gasteiger partial charge >= 0.3 is 0 Å². The number of aromatic nitrogens is 3. The first-order valence-electron chi connectivity index (χ1n) is 5.62. The van der Waals surface area contributed by atoms with E-state index in [9.17, 15) is 0 Å². The second-order valence-corrected chi connectivity index (χ2v) is 4.20. The highest BCUT2D eigenvalue weighted by atomic mass is 35.5. The van der Waals surface area contributed by atoms with E-state index in [1.54, 1.807) is 6.20 Å². The van der Waals surface area contributed by atoms with Crippen molar-refractivity contribution < 1.29 is 0 Å². The Bertz CT molecular complexity index is 488. The molecule has 0 N–H and O–H groups in total. The Hall–Kier alpha value is -1.48. The van der Waals surface area contributed by atoms with E-state index >= 15 is 0 Å². The van der Waals surface area contributed by atoms with Crippen molar-refractivity contribution in [3.8, 4) is 0 Å². The van der Waals surface area contributed by atoms with Crippen molar-refractivity contribution in [3.63, 3.8) is 0 Å². The van der Waals surface area contributed by atoms with Crippen LogP contribution in [-0.2, 0) is 12.8 Å². The molecule has 4 heteroatoms. The summed E-state index contributed by atoms with van der Waals surface area (Å²) >= 11 is 6.13. The van der Waals surface area contributed by atoms with E-state index in [0.717, 1.165) is 29.2 Å². The van der Waals surface area contributed by atoms with Crippen LogP contribution in [0.15, 0.2) is 24.4 Å². The van der Waals surface area contributed by atoms with Crippen molar-refractivity contribution >= 4 is 11.6 Å². The van der Waals surface area contributed by atoms with E-state index in [1.807, 2.05) is 25.1 Å². The number of nitrogens with zero attached hydrogens (tertiary/aromatic N) is 3. The first-order chi connectivity index (χ1) is 8.20. The van der Waals surface area contributed by atoms with E-state index in [0.29, 0.717) is 11.6 Å². The van der Waals surface area contributed by atoms with E-state index in [4.69, 9.17) is 11.6 Å². The van der Waals surface area contributed by atoms with Gasteiger partial charge in [-0.25, -0.2) is 9.97 Å². The Morgan fingerprint density at radius 1 is 1.24 bits per heavy atom. The molecule has 0 aromatic carbocycles. The van der Waals surface area contributed by atoms with E-state index in [2.05, 4.69) is 21.9 Å². The fourth-order valence-corrected chi connectivity index (χ4v) is 2.13. The van der Waals surface area contributed by atoms with Crippen LogP contribution < -0.4 is 0 Å². The Morgan fingerprint density at radius 3 is 2.65 bits per heavy atom. The molecule has 0 fully saturated rings. The maximum atomic E-state index is 6.13. The van der Waals surface area contributed by atoms with Crippen LogP contribution in [0.25, 0.3) is 0 Å². The van der Waals surface area contributed by atoms with Crippen molar-refractivity contribution in [2.45, 2.75) is 26.7 Å². The van der Waals surface area contributed by atoms with Crippen molar-refractivity contribution in [1.29, 1.82) is 0 Å². The molecule has 0 atom stereocenters. The van der Waals surface area contributed by atoms with Crippen LogP contribution in [-0.4, -0.2) is 15.0 Å². The molecule has 0 spiro atoms. The molecule has 2 aromatic rings. The van der Waals surface area contributed by atoms with Gasteiger partial charge in [0.15, 0.2) is 0 Å². The standard InChI is InChI=1S/C13H14ClN3/c1-3-11-9(2)16-12(17-13(11)14)8-10-6-4-5-7-15-10/h4-7H,3,8H2,1-2H3. The number of hydrogen-bond acceptors (Lipinski definition) is 3. The average Bonchev–Trinajstić information content (AvgIpc) is 2.30. The number of rotatable bonds is 3. The summed E-state index contributed by atoms with van der Waals surface area (Å²) in [6.07, 6.45) is 3.24. The number of pyridine rings is 1. The van der Waals surface area contributed by atoms with Gasteiger partial charge in [0.2, 0.25) is 0 Å². The Kier molecular flexibility index (Phi) is 3.69. The molecule has 0 unspecified atom stereocenters. The maximum absolute atomic E-state index is 6.13. The zero-order valence-electron chi connectivity index (χ0n) is 9.94.